The molecule has 0 aliphatic carbocycles. The van der Waals surface area contributed by atoms with E-state index in [1.165, 1.54) is 0 Å². The lowest BCUT2D eigenvalue weighted by Crippen LogP contribution is -2.55. The van der Waals surface area contributed by atoms with E-state index < -0.39 is 23.7 Å². The van der Waals surface area contributed by atoms with Crippen LogP contribution in [0.2, 0.25) is 5.02 Å². The molecule has 1 unspecified atom stereocenters. The third-order valence-electron chi connectivity index (χ3n) is 4.12. The van der Waals surface area contributed by atoms with Crippen LogP contribution in [-0.2, 0) is 0 Å². The molecule has 1 atom stereocenters. The standard InChI is InChI=1S/C17H17ClF3N3OS/c1-15(2,3)13-8-16(25,17(19,20)21)24(23-13)14-22-12(9-26-14)10-4-6-11(18)7-5-10/h4-7,9,25H,8H2,1-3H3. The van der Waals surface area contributed by atoms with Crippen LogP contribution >= 0.6 is 22.9 Å². The molecule has 0 amide bonds. The number of anilines is 1. The molecule has 1 aromatic carbocycles. The second-order valence-electron chi connectivity index (χ2n) is 7.12. The number of aliphatic hydroxyl groups is 1. The second-order valence-corrected chi connectivity index (χ2v) is 8.39. The summed E-state index contributed by atoms with van der Waals surface area (Å²) in [5.74, 6) is 0. The van der Waals surface area contributed by atoms with Crippen LogP contribution in [0.5, 0.6) is 0 Å². The molecule has 0 radical (unpaired) electrons. The molecule has 26 heavy (non-hydrogen) atoms. The van der Waals surface area contributed by atoms with Crippen LogP contribution in [-0.4, -0.2) is 27.7 Å². The highest BCUT2D eigenvalue weighted by molar-refractivity contribution is 7.14. The zero-order valence-electron chi connectivity index (χ0n) is 14.3. The van der Waals surface area contributed by atoms with Crippen molar-refractivity contribution in [2.24, 2.45) is 10.5 Å². The third-order valence-corrected chi connectivity index (χ3v) is 5.19. The van der Waals surface area contributed by atoms with Gasteiger partial charge in [0, 0.05) is 33.5 Å². The van der Waals surface area contributed by atoms with E-state index in [9.17, 15) is 18.3 Å². The normalized spacial score (nSPS) is 21.2. The summed E-state index contributed by atoms with van der Waals surface area (Å²) >= 11 is 6.84. The Balaban J connectivity index is 2.02. The average Bonchev–Trinajstić information content (AvgIpc) is 3.12. The number of benzene rings is 1. The molecule has 1 aliphatic heterocycles. The van der Waals surface area contributed by atoms with Gasteiger partial charge in [-0.2, -0.15) is 23.3 Å². The summed E-state index contributed by atoms with van der Waals surface area (Å²) in [6.45, 7) is 5.27. The maximum atomic E-state index is 13.6. The molecule has 0 saturated heterocycles. The van der Waals surface area contributed by atoms with Gasteiger partial charge in [-0.25, -0.2) is 4.98 Å². The fourth-order valence-electron chi connectivity index (χ4n) is 2.50. The number of halogens is 4. The van der Waals surface area contributed by atoms with E-state index in [-0.39, 0.29) is 10.8 Å². The van der Waals surface area contributed by atoms with Crippen molar-refractivity contribution in [3.63, 3.8) is 0 Å². The number of hydrazone groups is 1. The van der Waals surface area contributed by atoms with E-state index in [0.29, 0.717) is 21.3 Å². The Morgan fingerprint density at radius 2 is 1.81 bits per heavy atom. The van der Waals surface area contributed by atoms with E-state index in [0.717, 1.165) is 11.3 Å². The predicted molar refractivity (Wildman–Crippen MR) is 97.6 cm³/mol. The van der Waals surface area contributed by atoms with Crippen molar-refractivity contribution in [2.75, 3.05) is 5.01 Å². The maximum Gasteiger partial charge on any atom is 0.438 e. The molecule has 9 heteroatoms. The Morgan fingerprint density at radius 1 is 1.19 bits per heavy atom. The molecule has 0 bridgehead atoms. The quantitative estimate of drug-likeness (QED) is 0.737. The fraction of sp³-hybridized carbons (Fsp3) is 0.412. The molecule has 3 rings (SSSR count). The van der Waals surface area contributed by atoms with Gasteiger partial charge in [-0.1, -0.05) is 44.5 Å². The minimum atomic E-state index is -4.88. The Bertz CT molecular complexity index is 842. The van der Waals surface area contributed by atoms with Gasteiger partial charge in [-0.3, -0.25) is 0 Å². The Morgan fingerprint density at radius 3 is 2.35 bits per heavy atom. The predicted octanol–water partition coefficient (Wildman–Crippen LogP) is 5.33. The lowest BCUT2D eigenvalue weighted by Gasteiger charge is -2.32. The molecule has 0 saturated carbocycles. The van der Waals surface area contributed by atoms with E-state index in [2.05, 4.69) is 10.1 Å². The van der Waals surface area contributed by atoms with Crippen LogP contribution < -0.4 is 5.01 Å². The van der Waals surface area contributed by atoms with Crippen molar-refractivity contribution >= 4 is 33.8 Å². The van der Waals surface area contributed by atoms with E-state index in [4.69, 9.17) is 11.6 Å². The minimum absolute atomic E-state index is 0.0194. The van der Waals surface area contributed by atoms with E-state index >= 15 is 0 Å². The van der Waals surface area contributed by atoms with Gasteiger partial charge in [0.15, 0.2) is 0 Å². The summed E-state index contributed by atoms with van der Waals surface area (Å²) in [5, 5.41) is 17.3. The van der Waals surface area contributed by atoms with Crippen LogP contribution in [0, 0.1) is 5.41 Å². The molecule has 1 aliphatic rings. The highest BCUT2D eigenvalue weighted by Gasteiger charge is 2.63. The first-order valence-corrected chi connectivity index (χ1v) is 9.06. The molecular weight excluding hydrogens is 387 g/mol. The molecule has 2 heterocycles. The van der Waals surface area contributed by atoms with Gasteiger partial charge in [-0.05, 0) is 12.1 Å². The first-order valence-electron chi connectivity index (χ1n) is 7.80. The number of hydrogen-bond acceptors (Lipinski definition) is 5. The monoisotopic (exact) mass is 403 g/mol. The van der Waals surface area contributed by atoms with E-state index in [1.807, 2.05) is 0 Å². The number of thiazole rings is 1. The number of alkyl halides is 3. The van der Waals surface area contributed by atoms with Crippen molar-refractivity contribution in [3.8, 4) is 11.3 Å². The van der Waals surface area contributed by atoms with E-state index in [1.54, 1.807) is 50.4 Å². The van der Waals surface area contributed by atoms with Crippen LogP contribution in [0.4, 0.5) is 18.3 Å². The minimum Gasteiger partial charge on any atom is -0.362 e. The summed E-state index contributed by atoms with van der Waals surface area (Å²) in [4.78, 5) is 4.25. The van der Waals surface area contributed by atoms with Crippen molar-refractivity contribution in [1.29, 1.82) is 0 Å². The van der Waals surface area contributed by atoms with Gasteiger partial charge in [0.05, 0.1) is 5.69 Å². The first-order chi connectivity index (χ1) is 11.9. The summed E-state index contributed by atoms with van der Waals surface area (Å²) in [5.41, 5.74) is -2.24. The SMILES string of the molecule is CC(C)(C)C1=NN(c2nc(-c3ccc(Cl)cc3)cs2)C(O)(C(F)(F)F)C1. The Labute approximate surface area is 157 Å². The van der Waals surface area contributed by atoms with Gasteiger partial charge < -0.3 is 5.11 Å². The zero-order valence-corrected chi connectivity index (χ0v) is 15.9. The van der Waals surface area contributed by atoms with Crippen molar-refractivity contribution < 1.29 is 18.3 Å². The highest BCUT2D eigenvalue weighted by atomic mass is 35.5. The molecular formula is C17H17ClF3N3OS. The van der Waals surface area contributed by atoms with Gasteiger partial charge in [0.1, 0.15) is 0 Å². The molecule has 0 spiro atoms. The second kappa shape index (κ2) is 6.21. The largest absolute Gasteiger partial charge is 0.438 e. The maximum absolute atomic E-state index is 13.6. The fourth-order valence-corrected chi connectivity index (χ4v) is 3.47. The van der Waals surface area contributed by atoms with Crippen LogP contribution in [0.1, 0.15) is 27.2 Å². The summed E-state index contributed by atoms with van der Waals surface area (Å²) < 4.78 is 40.8. The molecule has 2 aromatic rings. The van der Waals surface area contributed by atoms with Gasteiger partial charge >= 0.3 is 6.18 Å². The highest BCUT2D eigenvalue weighted by Crippen LogP contribution is 2.46. The topological polar surface area (TPSA) is 48.7 Å². The van der Waals surface area contributed by atoms with Crippen molar-refractivity contribution in [1.82, 2.24) is 4.98 Å². The van der Waals surface area contributed by atoms with Crippen molar-refractivity contribution in [2.45, 2.75) is 39.1 Å². The number of nitrogens with zero attached hydrogens (tertiary/aromatic N) is 3. The number of rotatable bonds is 2. The van der Waals surface area contributed by atoms with Crippen LogP contribution in [0.3, 0.4) is 0 Å². The summed E-state index contributed by atoms with van der Waals surface area (Å²) in [6.07, 6.45) is -5.49. The van der Waals surface area contributed by atoms with Gasteiger partial charge in [0.2, 0.25) is 5.13 Å². The lowest BCUT2D eigenvalue weighted by atomic mass is 9.86. The zero-order chi connectivity index (χ0) is 19.3. The van der Waals surface area contributed by atoms with Crippen LogP contribution in [0.25, 0.3) is 11.3 Å². The molecule has 0 fully saturated rings. The molecule has 4 nitrogen and oxygen atoms in total. The Hall–Kier alpha value is -1.64. The molecule has 1 N–H and O–H groups in total. The van der Waals surface area contributed by atoms with Crippen molar-refractivity contribution in [3.05, 3.63) is 34.7 Å². The average molecular weight is 404 g/mol. The summed E-state index contributed by atoms with van der Waals surface area (Å²) in [7, 11) is 0. The lowest BCUT2D eigenvalue weighted by molar-refractivity contribution is -0.254. The van der Waals surface area contributed by atoms with Gasteiger partial charge in [0.25, 0.3) is 5.72 Å². The molecule has 140 valence electrons. The number of hydrogen-bond donors (Lipinski definition) is 1. The first kappa shape index (κ1) is 19.1. The Kier molecular flexibility index (Phi) is 4.57. The van der Waals surface area contributed by atoms with Crippen LogP contribution in [0.15, 0.2) is 34.7 Å². The summed E-state index contributed by atoms with van der Waals surface area (Å²) in [6, 6.07) is 6.80. The smallest absolute Gasteiger partial charge is 0.362 e. The number of aromatic nitrogens is 1. The molecule has 1 aromatic heterocycles. The van der Waals surface area contributed by atoms with Gasteiger partial charge in [-0.15, -0.1) is 11.3 Å². The third kappa shape index (κ3) is 3.33.